The van der Waals surface area contributed by atoms with Gasteiger partial charge in [0.2, 0.25) is 0 Å². The molecule has 3 heteroatoms. The molecule has 0 bridgehead atoms. The Hall–Kier alpha value is -1.06. The van der Waals surface area contributed by atoms with Gasteiger partial charge in [-0.25, -0.2) is 0 Å². The zero-order chi connectivity index (χ0) is 13.9. The van der Waals surface area contributed by atoms with Crippen molar-refractivity contribution in [3.63, 3.8) is 0 Å². The van der Waals surface area contributed by atoms with Gasteiger partial charge in [0.15, 0.2) is 0 Å². The van der Waals surface area contributed by atoms with E-state index in [-0.39, 0.29) is 6.10 Å². The van der Waals surface area contributed by atoms with Crippen molar-refractivity contribution in [1.82, 2.24) is 4.90 Å². The third kappa shape index (κ3) is 2.84. The quantitative estimate of drug-likeness (QED) is 0.914. The Morgan fingerprint density at radius 3 is 2.50 bits per heavy atom. The molecule has 3 nitrogen and oxygen atoms in total. The van der Waals surface area contributed by atoms with Gasteiger partial charge < -0.3 is 10.0 Å². The number of nitrogens with zero attached hydrogens (tertiary/aromatic N) is 2. The van der Waals surface area contributed by atoms with Crippen molar-refractivity contribution in [2.24, 2.45) is 0 Å². The minimum absolute atomic E-state index is 0.319. The summed E-state index contributed by atoms with van der Waals surface area (Å²) in [5, 5.41) is 9.85. The van der Waals surface area contributed by atoms with Gasteiger partial charge in [0.1, 0.15) is 0 Å². The molecule has 2 fully saturated rings. The molecule has 2 saturated heterocycles. The summed E-state index contributed by atoms with van der Waals surface area (Å²) in [4.78, 5) is 5.15. The second-order valence-corrected chi connectivity index (χ2v) is 6.15. The molecule has 2 heterocycles. The number of aliphatic hydroxyl groups is 1. The van der Waals surface area contributed by atoms with Gasteiger partial charge in [0, 0.05) is 24.8 Å². The summed E-state index contributed by atoms with van der Waals surface area (Å²) in [5.41, 5.74) is 2.34. The Morgan fingerprint density at radius 2 is 1.85 bits per heavy atom. The van der Waals surface area contributed by atoms with E-state index in [0.717, 1.165) is 31.1 Å². The predicted octanol–water partition coefficient (Wildman–Crippen LogP) is 2.80. The SMILES string of the molecule is CC[C@@H](O)c1ccc(N2CCC(N3CCCC3)C2)cc1. The Morgan fingerprint density at radius 1 is 1.15 bits per heavy atom. The first-order valence-corrected chi connectivity index (χ1v) is 8.05. The highest BCUT2D eigenvalue weighted by atomic mass is 16.3. The van der Waals surface area contributed by atoms with E-state index in [2.05, 4.69) is 34.1 Å². The zero-order valence-corrected chi connectivity index (χ0v) is 12.5. The standard InChI is InChI=1S/C17H26N2O/c1-2-17(20)14-5-7-15(8-6-14)19-12-9-16(13-19)18-10-3-4-11-18/h5-8,16-17,20H,2-4,9-13H2,1H3/t16?,17-/m1/s1. The first-order valence-electron chi connectivity index (χ1n) is 8.05. The van der Waals surface area contributed by atoms with Crippen LogP contribution in [0, 0.1) is 0 Å². The van der Waals surface area contributed by atoms with E-state index in [1.807, 2.05) is 6.92 Å². The lowest BCUT2D eigenvalue weighted by atomic mass is 10.1. The minimum Gasteiger partial charge on any atom is -0.388 e. The first-order chi connectivity index (χ1) is 9.78. The van der Waals surface area contributed by atoms with E-state index in [4.69, 9.17) is 0 Å². The highest BCUT2D eigenvalue weighted by molar-refractivity contribution is 5.49. The normalized spacial score (nSPS) is 25.3. The molecule has 2 aliphatic rings. The molecule has 0 saturated carbocycles. The summed E-state index contributed by atoms with van der Waals surface area (Å²) < 4.78 is 0. The lowest BCUT2D eigenvalue weighted by Crippen LogP contribution is -2.35. The first kappa shape index (κ1) is 13.9. The zero-order valence-electron chi connectivity index (χ0n) is 12.5. The van der Waals surface area contributed by atoms with Crippen LogP contribution in [0.4, 0.5) is 5.69 Å². The van der Waals surface area contributed by atoms with E-state index in [1.165, 1.54) is 38.0 Å². The molecule has 0 spiro atoms. The monoisotopic (exact) mass is 274 g/mol. The van der Waals surface area contributed by atoms with Crippen LogP contribution in [0.1, 0.15) is 44.3 Å². The van der Waals surface area contributed by atoms with Crippen molar-refractivity contribution < 1.29 is 5.11 Å². The Bertz CT molecular complexity index is 425. The van der Waals surface area contributed by atoms with Gasteiger partial charge >= 0.3 is 0 Å². The van der Waals surface area contributed by atoms with Crippen molar-refractivity contribution >= 4 is 5.69 Å². The van der Waals surface area contributed by atoms with Crippen LogP contribution in [0.3, 0.4) is 0 Å². The van der Waals surface area contributed by atoms with Gasteiger partial charge in [0.25, 0.3) is 0 Å². The number of aliphatic hydroxyl groups excluding tert-OH is 1. The predicted molar refractivity (Wildman–Crippen MR) is 83.1 cm³/mol. The van der Waals surface area contributed by atoms with Gasteiger partial charge in [-0.1, -0.05) is 19.1 Å². The number of benzene rings is 1. The number of anilines is 1. The van der Waals surface area contributed by atoms with Crippen LogP contribution in [0.2, 0.25) is 0 Å². The van der Waals surface area contributed by atoms with Crippen LogP contribution in [0.5, 0.6) is 0 Å². The third-order valence-corrected chi connectivity index (χ3v) is 4.85. The Kier molecular flexibility index (Phi) is 4.27. The van der Waals surface area contributed by atoms with Crippen molar-refractivity contribution in [3.8, 4) is 0 Å². The largest absolute Gasteiger partial charge is 0.388 e. The van der Waals surface area contributed by atoms with Crippen molar-refractivity contribution in [3.05, 3.63) is 29.8 Å². The Labute approximate surface area is 122 Å². The maximum absolute atomic E-state index is 9.85. The van der Waals surface area contributed by atoms with Crippen LogP contribution in [0.15, 0.2) is 24.3 Å². The lowest BCUT2D eigenvalue weighted by Gasteiger charge is -2.24. The maximum Gasteiger partial charge on any atom is 0.0787 e. The second-order valence-electron chi connectivity index (χ2n) is 6.15. The smallest absolute Gasteiger partial charge is 0.0787 e. The Balaban J connectivity index is 1.62. The fraction of sp³-hybridized carbons (Fsp3) is 0.647. The summed E-state index contributed by atoms with van der Waals surface area (Å²) in [6, 6.07) is 9.24. The van der Waals surface area contributed by atoms with Crippen LogP contribution < -0.4 is 4.90 Å². The highest BCUT2D eigenvalue weighted by Gasteiger charge is 2.29. The fourth-order valence-corrected chi connectivity index (χ4v) is 3.52. The van der Waals surface area contributed by atoms with Gasteiger partial charge in [0.05, 0.1) is 6.10 Å². The van der Waals surface area contributed by atoms with Crippen molar-refractivity contribution in [1.29, 1.82) is 0 Å². The van der Waals surface area contributed by atoms with Crippen molar-refractivity contribution in [2.45, 2.75) is 44.8 Å². The summed E-state index contributed by atoms with van der Waals surface area (Å²) in [5.74, 6) is 0. The van der Waals surface area contributed by atoms with E-state index < -0.39 is 0 Å². The molecule has 110 valence electrons. The molecule has 1 aromatic carbocycles. The number of hydrogen-bond donors (Lipinski definition) is 1. The van der Waals surface area contributed by atoms with Crippen LogP contribution in [-0.2, 0) is 0 Å². The van der Waals surface area contributed by atoms with E-state index >= 15 is 0 Å². The van der Waals surface area contributed by atoms with Gasteiger partial charge in [-0.15, -0.1) is 0 Å². The summed E-state index contributed by atoms with van der Waals surface area (Å²) in [7, 11) is 0. The lowest BCUT2D eigenvalue weighted by molar-refractivity contribution is 0.173. The second kappa shape index (κ2) is 6.15. The number of rotatable bonds is 4. The van der Waals surface area contributed by atoms with Crippen molar-refractivity contribution in [2.75, 3.05) is 31.1 Å². The molecule has 0 amide bonds. The molecule has 3 rings (SSSR count). The maximum atomic E-state index is 9.85. The van der Waals surface area contributed by atoms with Gasteiger partial charge in [-0.05, 0) is 56.5 Å². The topological polar surface area (TPSA) is 26.7 Å². The van der Waals surface area contributed by atoms with E-state index in [9.17, 15) is 5.11 Å². The van der Waals surface area contributed by atoms with Gasteiger partial charge in [-0.2, -0.15) is 0 Å². The van der Waals surface area contributed by atoms with Gasteiger partial charge in [-0.3, -0.25) is 4.90 Å². The van der Waals surface area contributed by atoms with E-state index in [1.54, 1.807) is 0 Å². The van der Waals surface area contributed by atoms with Crippen LogP contribution in [-0.4, -0.2) is 42.2 Å². The average Bonchev–Trinajstić information content (AvgIpc) is 3.17. The molecule has 1 N–H and O–H groups in total. The van der Waals surface area contributed by atoms with Crippen LogP contribution in [0.25, 0.3) is 0 Å². The molecule has 1 aromatic rings. The summed E-state index contributed by atoms with van der Waals surface area (Å²) in [6.45, 7) is 6.92. The van der Waals surface area contributed by atoms with Crippen LogP contribution >= 0.6 is 0 Å². The fourth-order valence-electron chi connectivity index (χ4n) is 3.52. The van der Waals surface area contributed by atoms with E-state index in [0.29, 0.717) is 0 Å². The molecular formula is C17H26N2O. The minimum atomic E-state index is -0.319. The molecule has 2 atom stereocenters. The molecule has 0 aromatic heterocycles. The summed E-state index contributed by atoms with van der Waals surface area (Å²) in [6.07, 6.45) is 4.50. The average molecular weight is 274 g/mol. The molecule has 0 radical (unpaired) electrons. The highest BCUT2D eigenvalue weighted by Crippen LogP contribution is 2.27. The third-order valence-electron chi connectivity index (χ3n) is 4.85. The summed E-state index contributed by atoms with van der Waals surface area (Å²) >= 11 is 0. The molecule has 0 aliphatic carbocycles. The molecule has 20 heavy (non-hydrogen) atoms. The number of hydrogen-bond acceptors (Lipinski definition) is 3. The molecule has 1 unspecified atom stereocenters. The molecular weight excluding hydrogens is 248 g/mol. The molecule has 2 aliphatic heterocycles. The number of likely N-dealkylation sites (tertiary alicyclic amines) is 1.